The van der Waals surface area contributed by atoms with Crippen molar-refractivity contribution in [1.29, 1.82) is 0 Å². The van der Waals surface area contributed by atoms with Crippen molar-refractivity contribution in [3.05, 3.63) is 58.4 Å². The molecular formula is C18H20ClN3O2. The van der Waals surface area contributed by atoms with Crippen molar-refractivity contribution in [3.63, 3.8) is 0 Å². The largest absolute Gasteiger partial charge is 0.348 e. The molecule has 2 rings (SSSR count). The Labute approximate surface area is 146 Å². The third-order valence-corrected chi connectivity index (χ3v) is 4.17. The van der Waals surface area contributed by atoms with Crippen LogP contribution in [0.15, 0.2) is 36.5 Å². The second kappa shape index (κ2) is 7.93. The molecule has 0 fully saturated rings. The lowest BCUT2D eigenvalue weighted by Gasteiger charge is -2.12. The van der Waals surface area contributed by atoms with E-state index >= 15 is 0 Å². The van der Waals surface area contributed by atoms with Crippen LogP contribution in [0.5, 0.6) is 0 Å². The molecule has 0 aliphatic rings. The molecular weight excluding hydrogens is 326 g/mol. The van der Waals surface area contributed by atoms with Crippen LogP contribution in [0.25, 0.3) is 0 Å². The van der Waals surface area contributed by atoms with Gasteiger partial charge in [-0.15, -0.1) is 0 Å². The minimum absolute atomic E-state index is 0.0471. The minimum Gasteiger partial charge on any atom is -0.348 e. The van der Waals surface area contributed by atoms with E-state index in [1.807, 2.05) is 20.8 Å². The van der Waals surface area contributed by atoms with Crippen LogP contribution in [0, 0.1) is 6.92 Å². The van der Waals surface area contributed by atoms with Crippen molar-refractivity contribution in [2.75, 3.05) is 5.32 Å². The summed E-state index contributed by atoms with van der Waals surface area (Å²) >= 11 is 6.06. The molecule has 2 N–H and O–H groups in total. The number of anilines is 1. The number of hydrogen-bond donors (Lipinski definition) is 2. The van der Waals surface area contributed by atoms with Crippen molar-refractivity contribution in [3.8, 4) is 0 Å². The first kappa shape index (κ1) is 17.9. The standard InChI is InChI=1S/C18H20ClN3O2/c1-4-11(2)21-18(24)16-10-13(8-9-20-16)17(23)22-15-7-5-6-14(19)12(15)3/h5-11H,4H2,1-3H3,(H,21,24)(H,22,23). The number of aromatic nitrogens is 1. The van der Waals surface area contributed by atoms with Crippen molar-refractivity contribution < 1.29 is 9.59 Å². The second-order valence-corrected chi connectivity index (χ2v) is 5.99. The van der Waals surface area contributed by atoms with Crippen LogP contribution in [-0.2, 0) is 0 Å². The zero-order chi connectivity index (χ0) is 17.7. The van der Waals surface area contributed by atoms with E-state index in [9.17, 15) is 9.59 Å². The smallest absolute Gasteiger partial charge is 0.270 e. The van der Waals surface area contributed by atoms with Crippen LogP contribution in [0.2, 0.25) is 5.02 Å². The van der Waals surface area contributed by atoms with E-state index in [4.69, 9.17) is 11.6 Å². The number of carbonyl (C=O) groups is 2. The van der Waals surface area contributed by atoms with E-state index in [0.717, 1.165) is 12.0 Å². The van der Waals surface area contributed by atoms with Gasteiger partial charge in [-0.25, -0.2) is 0 Å². The van der Waals surface area contributed by atoms with Crippen LogP contribution in [0.3, 0.4) is 0 Å². The van der Waals surface area contributed by atoms with E-state index in [1.54, 1.807) is 24.3 Å². The number of pyridine rings is 1. The molecule has 126 valence electrons. The molecule has 0 saturated carbocycles. The molecule has 2 aromatic rings. The molecule has 0 aliphatic carbocycles. The zero-order valence-electron chi connectivity index (χ0n) is 13.9. The Bertz CT molecular complexity index is 762. The molecule has 1 aromatic carbocycles. The average Bonchev–Trinajstić information content (AvgIpc) is 2.58. The number of amides is 2. The summed E-state index contributed by atoms with van der Waals surface area (Å²) in [6.45, 7) is 5.72. The van der Waals surface area contributed by atoms with Gasteiger partial charge in [-0.1, -0.05) is 24.6 Å². The lowest BCUT2D eigenvalue weighted by Crippen LogP contribution is -2.32. The van der Waals surface area contributed by atoms with Crippen molar-refractivity contribution in [2.45, 2.75) is 33.2 Å². The molecule has 1 unspecified atom stereocenters. The molecule has 1 aromatic heterocycles. The number of rotatable bonds is 5. The molecule has 0 saturated heterocycles. The molecule has 1 atom stereocenters. The molecule has 2 amide bonds. The van der Waals surface area contributed by atoms with Crippen molar-refractivity contribution in [2.24, 2.45) is 0 Å². The summed E-state index contributed by atoms with van der Waals surface area (Å²) in [5.41, 5.74) is 2.00. The van der Waals surface area contributed by atoms with Gasteiger partial charge in [-0.3, -0.25) is 14.6 Å². The predicted molar refractivity (Wildman–Crippen MR) is 95.6 cm³/mol. The Morgan fingerprint density at radius 1 is 1.25 bits per heavy atom. The normalized spacial score (nSPS) is 11.7. The summed E-state index contributed by atoms with van der Waals surface area (Å²) in [4.78, 5) is 28.6. The molecule has 0 bridgehead atoms. The van der Waals surface area contributed by atoms with E-state index in [-0.39, 0.29) is 23.6 Å². The van der Waals surface area contributed by atoms with Crippen LogP contribution in [0.4, 0.5) is 5.69 Å². The highest BCUT2D eigenvalue weighted by Gasteiger charge is 2.14. The fourth-order valence-electron chi connectivity index (χ4n) is 2.03. The Kier molecular flexibility index (Phi) is 5.93. The quantitative estimate of drug-likeness (QED) is 0.865. The molecule has 0 aliphatic heterocycles. The maximum absolute atomic E-state index is 12.4. The molecule has 0 spiro atoms. The monoisotopic (exact) mass is 345 g/mol. The van der Waals surface area contributed by atoms with Crippen LogP contribution in [-0.4, -0.2) is 22.8 Å². The lowest BCUT2D eigenvalue weighted by molar-refractivity contribution is 0.0934. The van der Waals surface area contributed by atoms with Gasteiger partial charge in [-0.2, -0.15) is 0 Å². The van der Waals surface area contributed by atoms with Gasteiger partial charge >= 0.3 is 0 Å². The molecule has 6 heteroatoms. The summed E-state index contributed by atoms with van der Waals surface area (Å²) in [6, 6.07) is 8.39. The summed E-state index contributed by atoms with van der Waals surface area (Å²) in [5.74, 6) is -0.613. The zero-order valence-corrected chi connectivity index (χ0v) is 14.6. The fraction of sp³-hybridized carbons (Fsp3) is 0.278. The van der Waals surface area contributed by atoms with Gasteiger partial charge in [-0.05, 0) is 50.1 Å². The Morgan fingerprint density at radius 3 is 2.71 bits per heavy atom. The number of carbonyl (C=O) groups excluding carboxylic acids is 2. The highest BCUT2D eigenvalue weighted by atomic mass is 35.5. The Hall–Kier alpha value is -2.40. The summed E-state index contributed by atoms with van der Waals surface area (Å²) < 4.78 is 0. The first-order valence-corrected chi connectivity index (χ1v) is 8.13. The molecule has 24 heavy (non-hydrogen) atoms. The topological polar surface area (TPSA) is 71.1 Å². The van der Waals surface area contributed by atoms with Gasteiger partial charge in [0.1, 0.15) is 5.69 Å². The third-order valence-electron chi connectivity index (χ3n) is 3.76. The van der Waals surface area contributed by atoms with Crippen LogP contribution in [0.1, 0.15) is 46.7 Å². The maximum Gasteiger partial charge on any atom is 0.270 e. The number of nitrogens with one attached hydrogen (secondary N) is 2. The third kappa shape index (κ3) is 4.32. The lowest BCUT2D eigenvalue weighted by atomic mass is 10.1. The van der Waals surface area contributed by atoms with Crippen molar-refractivity contribution >= 4 is 29.1 Å². The second-order valence-electron chi connectivity index (χ2n) is 5.58. The maximum atomic E-state index is 12.4. The highest BCUT2D eigenvalue weighted by molar-refractivity contribution is 6.31. The fourth-order valence-corrected chi connectivity index (χ4v) is 2.21. The molecule has 1 heterocycles. The van der Waals surface area contributed by atoms with E-state index in [0.29, 0.717) is 16.3 Å². The van der Waals surface area contributed by atoms with Gasteiger partial charge in [0.05, 0.1) is 0 Å². The average molecular weight is 346 g/mol. The van der Waals surface area contributed by atoms with Gasteiger partial charge in [0, 0.05) is 28.5 Å². The Balaban J connectivity index is 2.17. The number of halogens is 1. The van der Waals surface area contributed by atoms with Gasteiger partial charge in [0.25, 0.3) is 11.8 Å². The van der Waals surface area contributed by atoms with Crippen LogP contribution < -0.4 is 10.6 Å². The van der Waals surface area contributed by atoms with Gasteiger partial charge < -0.3 is 10.6 Å². The molecule has 0 radical (unpaired) electrons. The van der Waals surface area contributed by atoms with E-state index < -0.39 is 0 Å². The summed E-state index contributed by atoms with van der Waals surface area (Å²) in [5, 5.41) is 6.21. The van der Waals surface area contributed by atoms with Crippen molar-refractivity contribution in [1.82, 2.24) is 10.3 Å². The predicted octanol–water partition coefficient (Wildman–Crippen LogP) is 3.82. The molecule has 5 nitrogen and oxygen atoms in total. The number of benzene rings is 1. The SMILES string of the molecule is CCC(C)NC(=O)c1cc(C(=O)Nc2cccc(Cl)c2C)ccn1. The number of hydrogen-bond acceptors (Lipinski definition) is 3. The van der Waals surface area contributed by atoms with Crippen LogP contribution >= 0.6 is 11.6 Å². The highest BCUT2D eigenvalue weighted by Crippen LogP contribution is 2.23. The van der Waals surface area contributed by atoms with E-state index in [2.05, 4.69) is 15.6 Å². The summed E-state index contributed by atoms with van der Waals surface area (Å²) in [7, 11) is 0. The van der Waals surface area contributed by atoms with E-state index in [1.165, 1.54) is 12.3 Å². The van der Waals surface area contributed by atoms with Gasteiger partial charge in [0.2, 0.25) is 0 Å². The minimum atomic E-state index is -0.319. The Morgan fingerprint density at radius 2 is 2.00 bits per heavy atom. The number of nitrogens with zero attached hydrogens (tertiary/aromatic N) is 1. The first-order chi connectivity index (χ1) is 11.4. The first-order valence-electron chi connectivity index (χ1n) is 7.75. The van der Waals surface area contributed by atoms with Gasteiger partial charge in [0.15, 0.2) is 0 Å². The summed E-state index contributed by atoms with van der Waals surface area (Å²) in [6.07, 6.45) is 2.27.